The van der Waals surface area contributed by atoms with Gasteiger partial charge in [0.1, 0.15) is 41.2 Å². The number of benzene rings is 1. The molecule has 39 heavy (non-hydrogen) atoms. The first-order valence-corrected chi connectivity index (χ1v) is 12.6. The third-order valence-corrected chi connectivity index (χ3v) is 7.64. The number of Topliss-reactive ketones (excluding diaryl/α,β-unsaturated/α-hetero) is 2. The lowest BCUT2D eigenvalue weighted by molar-refractivity contribution is -0.315. The predicted octanol–water partition coefficient (Wildman–Crippen LogP) is 0.859. The normalized spacial score (nSPS) is 32.1. The Kier molecular flexibility index (Phi) is 7.04. The molecule has 1 saturated heterocycles. The molecule has 1 aromatic carbocycles. The summed E-state index contributed by atoms with van der Waals surface area (Å²) in [6, 6.07) is 7.65. The molecule has 11 nitrogen and oxygen atoms in total. The van der Waals surface area contributed by atoms with Crippen LogP contribution in [0.5, 0.6) is 5.75 Å². The van der Waals surface area contributed by atoms with Crippen LogP contribution in [0.2, 0.25) is 0 Å². The topological polar surface area (TPSA) is 193 Å². The van der Waals surface area contributed by atoms with E-state index in [9.17, 15) is 35.1 Å². The van der Waals surface area contributed by atoms with Gasteiger partial charge < -0.3 is 40.7 Å². The summed E-state index contributed by atoms with van der Waals surface area (Å²) in [6.45, 7) is 1.02. The number of ketones is 2. The van der Waals surface area contributed by atoms with E-state index in [0.29, 0.717) is 11.1 Å². The maximum atomic E-state index is 13.5. The zero-order chi connectivity index (χ0) is 28.1. The number of aliphatic hydroxyl groups is 5. The number of nitrogens with two attached hydrogens (primary N) is 1. The Morgan fingerprint density at radius 1 is 1.15 bits per heavy atom. The number of carbonyl (C=O) groups is 2. The first-order valence-electron chi connectivity index (χ1n) is 12.6. The van der Waals surface area contributed by atoms with Crippen molar-refractivity contribution in [3.05, 3.63) is 76.7 Å². The number of ether oxygens (including phenoxy) is 2. The molecule has 11 heteroatoms. The van der Waals surface area contributed by atoms with Gasteiger partial charge in [-0.15, -0.1) is 0 Å². The zero-order valence-corrected chi connectivity index (χ0v) is 21.1. The number of aromatic nitrogens is 1. The van der Waals surface area contributed by atoms with Gasteiger partial charge in [0.2, 0.25) is 6.29 Å². The number of allylic oxidation sites excluding steroid dienone is 4. The predicted molar refractivity (Wildman–Crippen MR) is 137 cm³/mol. The van der Waals surface area contributed by atoms with Crippen LogP contribution in [-0.2, 0) is 11.2 Å². The van der Waals surface area contributed by atoms with Crippen LogP contribution in [0.3, 0.4) is 0 Å². The molecular weight excluding hydrogens is 508 g/mol. The number of rotatable bonds is 6. The molecule has 0 bridgehead atoms. The molecular formula is C28H30N2O9. The van der Waals surface area contributed by atoms with Crippen molar-refractivity contribution < 1.29 is 44.6 Å². The lowest BCUT2D eigenvalue weighted by Crippen LogP contribution is -2.68. The number of hydrogen-bond acceptors (Lipinski definition) is 11. The minimum absolute atomic E-state index is 0.0880. The van der Waals surface area contributed by atoms with Crippen molar-refractivity contribution in [3.63, 3.8) is 0 Å². The minimum atomic E-state index is -2.18. The van der Waals surface area contributed by atoms with Crippen molar-refractivity contribution in [1.82, 2.24) is 4.98 Å². The number of hydrogen-bond donors (Lipinski definition) is 6. The smallest absolute Gasteiger partial charge is 0.229 e. The number of aryl methyl sites for hydroxylation is 1. The van der Waals surface area contributed by atoms with E-state index in [1.165, 1.54) is 30.5 Å². The van der Waals surface area contributed by atoms with E-state index < -0.39 is 54.4 Å². The van der Waals surface area contributed by atoms with Crippen LogP contribution in [0.15, 0.2) is 60.0 Å². The molecule has 1 fully saturated rings. The number of nitrogen functional groups attached to an aromatic ring is 1. The minimum Gasteiger partial charge on any atom is -0.511 e. The van der Waals surface area contributed by atoms with Gasteiger partial charge in [-0.05, 0) is 49.6 Å². The number of anilines is 1. The second-order valence-corrected chi connectivity index (χ2v) is 10.2. The monoisotopic (exact) mass is 538 g/mol. The van der Waals surface area contributed by atoms with Crippen molar-refractivity contribution >= 4 is 17.4 Å². The molecule has 7 unspecified atom stereocenters. The Labute approximate surface area is 223 Å². The maximum absolute atomic E-state index is 13.5. The fraction of sp³-hybridized carbons (Fsp3) is 0.393. The summed E-state index contributed by atoms with van der Waals surface area (Å²) in [4.78, 5) is 30.7. The van der Waals surface area contributed by atoms with Gasteiger partial charge in [0.05, 0.1) is 24.0 Å². The van der Waals surface area contributed by atoms with Crippen molar-refractivity contribution in [1.29, 1.82) is 0 Å². The fourth-order valence-electron chi connectivity index (χ4n) is 5.59. The summed E-state index contributed by atoms with van der Waals surface area (Å²) in [5.74, 6) is -2.97. The Bertz CT molecular complexity index is 1370. The molecule has 206 valence electrons. The van der Waals surface area contributed by atoms with E-state index >= 15 is 0 Å². The lowest BCUT2D eigenvalue weighted by atomic mass is 9.70. The van der Waals surface area contributed by atoms with Crippen LogP contribution >= 0.6 is 0 Å². The molecule has 2 heterocycles. The second kappa shape index (κ2) is 10.2. The van der Waals surface area contributed by atoms with E-state index in [0.717, 1.165) is 0 Å². The highest BCUT2D eigenvalue weighted by Crippen LogP contribution is 2.42. The highest BCUT2D eigenvalue weighted by atomic mass is 16.7. The Hall–Kier alpha value is -3.61. The average molecular weight is 539 g/mol. The van der Waals surface area contributed by atoms with Crippen LogP contribution in [0.4, 0.5) is 5.82 Å². The molecule has 0 saturated carbocycles. The molecule has 0 amide bonds. The Balaban J connectivity index is 1.46. The number of carbonyl (C=O) groups excluding carboxylic acids is 2. The molecule has 0 radical (unpaired) electrons. The molecule has 7 N–H and O–H groups in total. The van der Waals surface area contributed by atoms with Crippen molar-refractivity contribution in [2.45, 2.75) is 50.0 Å². The van der Waals surface area contributed by atoms with E-state index in [1.807, 2.05) is 0 Å². The summed E-state index contributed by atoms with van der Waals surface area (Å²) in [5, 5.41) is 53.8. The average Bonchev–Trinajstić information content (AvgIpc) is 2.90. The largest absolute Gasteiger partial charge is 0.511 e. The van der Waals surface area contributed by atoms with Crippen LogP contribution in [0, 0.1) is 11.8 Å². The van der Waals surface area contributed by atoms with E-state index in [-0.39, 0.29) is 47.1 Å². The highest BCUT2D eigenvalue weighted by Gasteiger charge is 2.56. The van der Waals surface area contributed by atoms with Gasteiger partial charge in [0.25, 0.3) is 0 Å². The zero-order valence-electron chi connectivity index (χ0n) is 21.1. The number of aliphatic hydroxyl groups excluding tert-OH is 4. The van der Waals surface area contributed by atoms with Crippen LogP contribution in [0.25, 0.3) is 0 Å². The van der Waals surface area contributed by atoms with Crippen LogP contribution in [-0.4, -0.2) is 78.9 Å². The summed E-state index contributed by atoms with van der Waals surface area (Å²) >= 11 is 0. The van der Waals surface area contributed by atoms with Gasteiger partial charge in [0.15, 0.2) is 11.6 Å². The van der Waals surface area contributed by atoms with Crippen molar-refractivity contribution in [2.24, 2.45) is 11.8 Å². The van der Waals surface area contributed by atoms with Crippen molar-refractivity contribution in [2.75, 3.05) is 12.3 Å². The summed E-state index contributed by atoms with van der Waals surface area (Å²) < 4.78 is 11.5. The number of pyridine rings is 1. The lowest BCUT2D eigenvalue weighted by Gasteiger charge is -2.48. The Morgan fingerprint density at radius 3 is 2.64 bits per heavy atom. The van der Waals surface area contributed by atoms with E-state index in [1.54, 1.807) is 25.1 Å². The first-order chi connectivity index (χ1) is 18.5. The van der Waals surface area contributed by atoms with Crippen LogP contribution in [0.1, 0.15) is 39.6 Å². The third kappa shape index (κ3) is 4.62. The third-order valence-electron chi connectivity index (χ3n) is 7.64. The van der Waals surface area contributed by atoms with E-state index in [4.69, 9.17) is 15.2 Å². The molecule has 1 aliphatic heterocycles. The quantitative estimate of drug-likeness (QED) is 0.305. The summed E-state index contributed by atoms with van der Waals surface area (Å²) in [5.41, 5.74) is 4.90. The summed E-state index contributed by atoms with van der Waals surface area (Å²) in [7, 11) is 0. The van der Waals surface area contributed by atoms with Gasteiger partial charge in [-0.3, -0.25) is 9.59 Å². The van der Waals surface area contributed by atoms with Gasteiger partial charge in [0, 0.05) is 11.8 Å². The van der Waals surface area contributed by atoms with Gasteiger partial charge in [-0.25, -0.2) is 4.98 Å². The van der Waals surface area contributed by atoms with Gasteiger partial charge in [-0.1, -0.05) is 23.8 Å². The Morgan fingerprint density at radius 2 is 1.92 bits per heavy atom. The van der Waals surface area contributed by atoms with Gasteiger partial charge >= 0.3 is 0 Å². The number of nitrogens with zero attached hydrogens (tertiary/aromatic N) is 1. The molecule has 0 spiro atoms. The molecule has 5 rings (SSSR count). The number of fused-ring (bicyclic) bond motifs is 2. The van der Waals surface area contributed by atoms with Crippen LogP contribution < -0.4 is 10.5 Å². The van der Waals surface area contributed by atoms with Gasteiger partial charge in [-0.2, -0.15) is 0 Å². The first kappa shape index (κ1) is 27.0. The highest BCUT2D eigenvalue weighted by molar-refractivity contribution is 6.19. The molecule has 2 aromatic rings. The molecule has 1 aromatic heterocycles. The maximum Gasteiger partial charge on any atom is 0.229 e. The molecule has 3 aliphatic rings. The van der Waals surface area contributed by atoms with E-state index in [2.05, 4.69) is 4.98 Å². The van der Waals surface area contributed by atoms with Crippen molar-refractivity contribution in [3.8, 4) is 5.75 Å². The second-order valence-electron chi connectivity index (χ2n) is 10.2. The SMILES string of the molecule is CC1=CC2C(=O)c3cccc(OC4OC(CO)C(O)C(O)(CCc5ccnc(N)c5)C4O)c3C(=O)C2C(O)=C1. The molecule has 7 atom stereocenters. The summed E-state index contributed by atoms with van der Waals surface area (Å²) in [6.07, 6.45) is -1.85. The molecule has 2 aliphatic carbocycles. The fourth-order valence-corrected chi connectivity index (χ4v) is 5.59. The standard InChI is InChI=1S/C28H30N2O9/c1-13-9-16-21(17(32)10-13)24(34)22-15(23(16)33)3-2-4-18(22)38-27-26(36)28(37,25(35)19(12-31)39-27)7-5-14-6-8-30-20(29)11-14/h2-4,6,8-11,16,19,21,25-27,31-32,35-37H,5,7,12H2,1H3,(H2,29,30).